The van der Waals surface area contributed by atoms with Gasteiger partial charge in [0.05, 0.1) is 6.54 Å². The maximum absolute atomic E-state index is 3.46. The van der Waals surface area contributed by atoms with Crippen LogP contribution in [-0.4, -0.2) is 29.9 Å². The first kappa shape index (κ1) is 12.4. The summed E-state index contributed by atoms with van der Waals surface area (Å²) in [5.41, 5.74) is 1.40. The Bertz CT molecular complexity index is 239. The number of nitrogens with two attached hydrogens (primary N) is 1. The molecule has 0 saturated carbocycles. The lowest BCUT2D eigenvalue weighted by atomic mass is 10.2. The zero-order valence-corrected chi connectivity index (χ0v) is 10.2. The maximum Gasteiger partial charge on any atom is 0.101 e. The van der Waals surface area contributed by atoms with Crippen molar-refractivity contribution in [3.05, 3.63) is 35.9 Å². The van der Waals surface area contributed by atoms with Crippen LogP contribution < -0.4 is 10.6 Å². The van der Waals surface area contributed by atoms with Crippen molar-refractivity contribution < 1.29 is 5.32 Å². The van der Waals surface area contributed by atoms with E-state index in [0.29, 0.717) is 0 Å². The van der Waals surface area contributed by atoms with Crippen LogP contribution in [-0.2, 0) is 6.54 Å². The summed E-state index contributed by atoms with van der Waals surface area (Å²) in [5.74, 6) is 0. The van der Waals surface area contributed by atoms with Gasteiger partial charge in [0.15, 0.2) is 0 Å². The molecule has 15 heavy (non-hydrogen) atoms. The predicted octanol–water partition coefficient (Wildman–Crippen LogP) is 0.317. The highest BCUT2D eigenvalue weighted by atomic mass is 28.1. The van der Waals surface area contributed by atoms with Gasteiger partial charge in [-0.05, 0) is 13.0 Å². The second-order valence-corrected chi connectivity index (χ2v) is 4.12. The van der Waals surface area contributed by atoms with Gasteiger partial charge in [0.1, 0.15) is 6.54 Å². The lowest BCUT2D eigenvalue weighted by Gasteiger charge is -2.03. The van der Waals surface area contributed by atoms with E-state index in [1.54, 1.807) is 0 Å². The normalized spacial score (nSPS) is 10.5. The molecule has 3 heteroatoms. The van der Waals surface area contributed by atoms with Gasteiger partial charge in [-0.1, -0.05) is 36.4 Å². The van der Waals surface area contributed by atoms with Crippen molar-refractivity contribution in [3.8, 4) is 0 Å². The molecule has 1 aromatic carbocycles. The molecule has 0 amide bonds. The topological polar surface area (TPSA) is 28.6 Å². The summed E-state index contributed by atoms with van der Waals surface area (Å²) in [7, 11) is 3.46. The van der Waals surface area contributed by atoms with Crippen LogP contribution >= 0.6 is 0 Å². The highest BCUT2D eigenvalue weighted by molar-refractivity contribution is 6.08. The number of benzene rings is 1. The number of hydrogen-bond acceptors (Lipinski definition) is 1. The van der Waals surface area contributed by atoms with Crippen LogP contribution in [0.4, 0.5) is 0 Å². The molecule has 1 aromatic rings. The van der Waals surface area contributed by atoms with Crippen molar-refractivity contribution in [1.29, 1.82) is 0 Å². The maximum atomic E-state index is 3.46. The molecule has 0 aromatic heterocycles. The minimum absolute atomic E-state index is 1.08. The summed E-state index contributed by atoms with van der Waals surface area (Å²) in [5, 5.41) is 5.75. The van der Waals surface area contributed by atoms with Gasteiger partial charge < -0.3 is 10.6 Å². The Labute approximate surface area is 95.9 Å². The molecular formula is C12H20N2Si+. The molecule has 0 saturated heterocycles. The van der Waals surface area contributed by atoms with Gasteiger partial charge in [-0.2, -0.15) is 0 Å². The van der Waals surface area contributed by atoms with E-state index in [1.807, 2.05) is 0 Å². The van der Waals surface area contributed by atoms with E-state index in [-0.39, 0.29) is 0 Å². The van der Waals surface area contributed by atoms with E-state index >= 15 is 0 Å². The summed E-state index contributed by atoms with van der Waals surface area (Å²) < 4.78 is 0. The van der Waals surface area contributed by atoms with Gasteiger partial charge in [-0.15, -0.1) is 0 Å². The summed E-state index contributed by atoms with van der Waals surface area (Å²) in [6.45, 7) is 4.44. The van der Waals surface area contributed by atoms with Crippen molar-refractivity contribution >= 4 is 10.2 Å². The van der Waals surface area contributed by atoms with E-state index in [0.717, 1.165) is 32.2 Å². The number of hydrogen-bond donors (Lipinski definition) is 2. The number of quaternary nitrogens is 1. The van der Waals surface area contributed by atoms with Crippen LogP contribution in [0.3, 0.4) is 0 Å². The Morgan fingerprint density at radius 3 is 2.67 bits per heavy atom. The molecule has 2 nitrogen and oxygen atoms in total. The van der Waals surface area contributed by atoms with Crippen LogP contribution in [0.25, 0.3) is 0 Å². The monoisotopic (exact) mass is 220 g/mol. The van der Waals surface area contributed by atoms with Gasteiger partial charge in [0, 0.05) is 22.4 Å². The minimum Gasteiger partial charge on any atom is -0.341 e. The van der Waals surface area contributed by atoms with E-state index in [1.165, 1.54) is 12.0 Å². The third-order valence-corrected chi connectivity index (χ3v) is 2.63. The average Bonchev–Trinajstić information content (AvgIpc) is 2.29. The molecule has 81 valence electrons. The Morgan fingerprint density at radius 2 is 1.93 bits per heavy atom. The highest BCUT2D eigenvalue weighted by Gasteiger charge is 1.93. The Balaban J connectivity index is 1.93. The van der Waals surface area contributed by atoms with Crippen LogP contribution in [0, 0.1) is 0 Å². The third kappa shape index (κ3) is 6.44. The zero-order valence-electron chi connectivity index (χ0n) is 9.21. The molecule has 1 rings (SSSR count). The van der Waals surface area contributed by atoms with Gasteiger partial charge in [-0.3, -0.25) is 0 Å². The summed E-state index contributed by atoms with van der Waals surface area (Å²) in [6.07, 6.45) is 1.20. The molecule has 0 atom stereocenters. The van der Waals surface area contributed by atoms with E-state index in [2.05, 4.69) is 51.2 Å². The van der Waals surface area contributed by atoms with Crippen LogP contribution in [0.2, 0.25) is 6.04 Å². The molecule has 0 aliphatic rings. The molecule has 3 radical (unpaired) electrons. The van der Waals surface area contributed by atoms with Crippen molar-refractivity contribution in [3.63, 3.8) is 0 Å². The summed E-state index contributed by atoms with van der Waals surface area (Å²) >= 11 is 0. The molecule has 0 aliphatic carbocycles. The first-order valence-electron chi connectivity index (χ1n) is 5.64. The summed E-state index contributed by atoms with van der Waals surface area (Å²) in [4.78, 5) is 0. The smallest absolute Gasteiger partial charge is 0.101 e. The Hall–Kier alpha value is -0.643. The van der Waals surface area contributed by atoms with E-state index in [4.69, 9.17) is 0 Å². The van der Waals surface area contributed by atoms with Crippen molar-refractivity contribution in [2.45, 2.75) is 19.0 Å². The largest absolute Gasteiger partial charge is 0.341 e. The molecular weight excluding hydrogens is 200 g/mol. The van der Waals surface area contributed by atoms with Crippen molar-refractivity contribution in [1.82, 2.24) is 5.32 Å². The standard InChI is InChI=1S/C12H19N2Si/c15-10-4-7-13-8-9-14-11-12-5-2-1-3-6-12/h1-3,5-6,13-14H,4,7-11H2/p+1. The Kier molecular flexibility index (Phi) is 7.16. The predicted molar refractivity (Wildman–Crippen MR) is 65.0 cm³/mol. The first-order chi connectivity index (χ1) is 7.43. The van der Waals surface area contributed by atoms with Crippen molar-refractivity contribution in [2.75, 3.05) is 19.6 Å². The lowest BCUT2D eigenvalue weighted by Crippen LogP contribution is -2.84. The minimum atomic E-state index is 1.08. The summed E-state index contributed by atoms with van der Waals surface area (Å²) in [6, 6.07) is 11.7. The molecule has 3 N–H and O–H groups in total. The molecule has 0 unspecified atom stereocenters. The fourth-order valence-corrected chi connectivity index (χ4v) is 1.60. The lowest BCUT2D eigenvalue weighted by molar-refractivity contribution is -0.668. The second kappa shape index (κ2) is 8.65. The van der Waals surface area contributed by atoms with Gasteiger partial charge in [0.2, 0.25) is 0 Å². The molecule has 0 heterocycles. The fraction of sp³-hybridized carbons (Fsp3) is 0.500. The highest BCUT2D eigenvalue weighted by Crippen LogP contribution is 1.93. The van der Waals surface area contributed by atoms with Gasteiger partial charge in [0.25, 0.3) is 0 Å². The fourth-order valence-electron chi connectivity index (χ4n) is 1.43. The average molecular weight is 220 g/mol. The van der Waals surface area contributed by atoms with E-state index < -0.39 is 0 Å². The third-order valence-electron chi connectivity index (χ3n) is 2.28. The van der Waals surface area contributed by atoms with Gasteiger partial charge >= 0.3 is 0 Å². The molecule has 0 fully saturated rings. The van der Waals surface area contributed by atoms with Crippen LogP contribution in [0.15, 0.2) is 30.3 Å². The first-order valence-corrected chi connectivity index (χ1v) is 6.35. The number of rotatable bonds is 8. The molecule has 0 aliphatic heterocycles. The molecule has 0 spiro atoms. The Morgan fingerprint density at radius 1 is 1.13 bits per heavy atom. The quantitative estimate of drug-likeness (QED) is 0.479. The van der Waals surface area contributed by atoms with Gasteiger partial charge in [-0.25, -0.2) is 0 Å². The van der Waals surface area contributed by atoms with Crippen molar-refractivity contribution in [2.24, 2.45) is 0 Å². The SMILES string of the molecule is [Si]CCCNCC[NH2+]Cc1ccccc1. The van der Waals surface area contributed by atoms with E-state index in [9.17, 15) is 0 Å². The van der Waals surface area contributed by atoms with Crippen LogP contribution in [0.5, 0.6) is 0 Å². The van der Waals surface area contributed by atoms with Crippen LogP contribution in [0.1, 0.15) is 12.0 Å². The zero-order chi connectivity index (χ0) is 10.8. The molecule has 0 bridgehead atoms. The second-order valence-electron chi connectivity index (χ2n) is 3.62. The number of nitrogens with one attached hydrogen (secondary N) is 1.